The Morgan fingerprint density at radius 1 is 1.27 bits per heavy atom. The Morgan fingerprint density at radius 3 is 3.05 bits per heavy atom. The molecule has 1 aliphatic carbocycles. The van der Waals surface area contributed by atoms with E-state index in [1.807, 2.05) is 12.1 Å². The van der Waals surface area contributed by atoms with Crippen LogP contribution in [-0.2, 0) is 17.8 Å². The van der Waals surface area contributed by atoms with Crippen LogP contribution in [-0.4, -0.2) is 24.4 Å². The summed E-state index contributed by atoms with van der Waals surface area (Å²) in [6.07, 6.45) is 4.58. The molecule has 4 nitrogen and oxygen atoms in total. The van der Waals surface area contributed by atoms with E-state index < -0.39 is 6.10 Å². The number of furan rings is 1. The molecular weight excluding hydrogens is 278 g/mol. The predicted octanol–water partition coefficient (Wildman–Crippen LogP) is 2.82. The zero-order valence-electron chi connectivity index (χ0n) is 12.7. The van der Waals surface area contributed by atoms with Gasteiger partial charge in [-0.1, -0.05) is 24.3 Å². The summed E-state index contributed by atoms with van der Waals surface area (Å²) in [5, 5.41) is 13.5. The molecule has 2 atom stereocenters. The first-order chi connectivity index (χ1) is 10.8. The van der Waals surface area contributed by atoms with Gasteiger partial charge in [-0.2, -0.15) is 0 Å². The minimum atomic E-state index is -0.510. The lowest BCUT2D eigenvalue weighted by Gasteiger charge is -2.27. The molecule has 0 spiro atoms. The summed E-state index contributed by atoms with van der Waals surface area (Å²) in [6, 6.07) is 12.6. The van der Waals surface area contributed by atoms with Crippen LogP contribution in [0.25, 0.3) is 0 Å². The number of aliphatic hydroxyl groups excluding tert-OH is 1. The number of benzene rings is 1. The summed E-state index contributed by atoms with van der Waals surface area (Å²) in [5.74, 6) is 0.779. The first-order valence-corrected chi connectivity index (χ1v) is 7.92. The van der Waals surface area contributed by atoms with Crippen molar-refractivity contribution in [1.29, 1.82) is 0 Å². The highest BCUT2D eigenvalue weighted by atomic mass is 16.5. The van der Waals surface area contributed by atoms with E-state index in [1.165, 1.54) is 17.5 Å². The molecule has 0 unspecified atom stereocenters. The van der Waals surface area contributed by atoms with Crippen molar-refractivity contribution >= 4 is 0 Å². The predicted molar refractivity (Wildman–Crippen MR) is 84.5 cm³/mol. The van der Waals surface area contributed by atoms with Gasteiger partial charge in [-0.15, -0.1) is 0 Å². The molecule has 0 amide bonds. The fourth-order valence-electron chi connectivity index (χ4n) is 2.99. The molecule has 2 N–H and O–H groups in total. The van der Waals surface area contributed by atoms with Gasteiger partial charge in [0.15, 0.2) is 0 Å². The summed E-state index contributed by atoms with van der Waals surface area (Å²) in [5.41, 5.74) is 2.80. The number of aryl methyl sites for hydroxylation is 1. The maximum Gasteiger partial charge on any atom is 0.129 e. The van der Waals surface area contributed by atoms with E-state index in [0.717, 1.165) is 18.6 Å². The van der Waals surface area contributed by atoms with Crippen LogP contribution < -0.4 is 5.32 Å². The molecule has 0 radical (unpaired) electrons. The maximum absolute atomic E-state index is 10.0. The van der Waals surface area contributed by atoms with Crippen molar-refractivity contribution in [3.8, 4) is 0 Å². The lowest BCUT2D eigenvalue weighted by molar-refractivity contribution is 0.0213. The van der Waals surface area contributed by atoms with Crippen molar-refractivity contribution in [3.05, 3.63) is 59.5 Å². The number of rotatable bonds is 7. The summed E-state index contributed by atoms with van der Waals surface area (Å²) in [6.45, 7) is 1.25. The Hall–Kier alpha value is -1.62. The van der Waals surface area contributed by atoms with E-state index in [9.17, 15) is 5.11 Å². The Bertz CT molecular complexity index is 567. The van der Waals surface area contributed by atoms with Gasteiger partial charge >= 0.3 is 0 Å². The van der Waals surface area contributed by atoms with Crippen LogP contribution in [0.4, 0.5) is 0 Å². The second kappa shape index (κ2) is 7.58. The lowest BCUT2D eigenvalue weighted by Crippen LogP contribution is -2.34. The first-order valence-electron chi connectivity index (χ1n) is 7.92. The average Bonchev–Trinajstić information content (AvgIpc) is 3.06. The van der Waals surface area contributed by atoms with Gasteiger partial charge in [0, 0.05) is 12.6 Å². The zero-order chi connectivity index (χ0) is 15.2. The molecule has 4 heteroatoms. The largest absolute Gasteiger partial charge is 0.467 e. The Morgan fingerprint density at radius 2 is 2.18 bits per heavy atom. The fourth-order valence-corrected chi connectivity index (χ4v) is 2.99. The van der Waals surface area contributed by atoms with Crippen molar-refractivity contribution < 1.29 is 14.3 Å². The molecule has 22 heavy (non-hydrogen) atoms. The fraction of sp³-hybridized carbons (Fsp3) is 0.444. The van der Waals surface area contributed by atoms with E-state index in [0.29, 0.717) is 25.8 Å². The third kappa shape index (κ3) is 3.97. The Kier molecular flexibility index (Phi) is 5.27. The highest BCUT2D eigenvalue weighted by Gasteiger charge is 2.19. The van der Waals surface area contributed by atoms with E-state index in [1.54, 1.807) is 6.26 Å². The van der Waals surface area contributed by atoms with Crippen LogP contribution >= 0.6 is 0 Å². The molecule has 3 rings (SSSR count). The molecule has 1 aromatic carbocycles. The quantitative estimate of drug-likeness (QED) is 0.825. The molecule has 1 aromatic heterocycles. The van der Waals surface area contributed by atoms with Gasteiger partial charge in [-0.3, -0.25) is 0 Å². The minimum Gasteiger partial charge on any atom is -0.467 e. The minimum absolute atomic E-state index is 0.308. The normalized spacial score (nSPS) is 18.9. The number of fused-ring (bicyclic) bond motifs is 1. The van der Waals surface area contributed by atoms with E-state index >= 15 is 0 Å². The van der Waals surface area contributed by atoms with Crippen LogP contribution in [0.1, 0.15) is 35.8 Å². The van der Waals surface area contributed by atoms with Crippen LogP contribution in [0.3, 0.4) is 0 Å². The first kappa shape index (κ1) is 15.3. The smallest absolute Gasteiger partial charge is 0.129 e. The summed E-state index contributed by atoms with van der Waals surface area (Å²) in [7, 11) is 0. The molecule has 0 saturated heterocycles. The zero-order valence-corrected chi connectivity index (χ0v) is 12.7. The second-order valence-corrected chi connectivity index (χ2v) is 5.80. The van der Waals surface area contributed by atoms with Crippen molar-refractivity contribution in [2.24, 2.45) is 0 Å². The Labute approximate surface area is 131 Å². The van der Waals surface area contributed by atoms with Crippen LogP contribution in [0.2, 0.25) is 0 Å². The van der Waals surface area contributed by atoms with E-state index in [4.69, 9.17) is 9.15 Å². The highest BCUT2D eigenvalue weighted by Crippen LogP contribution is 2.29. The topological polar surface area (TPSA) is 54.6 Å². The molecule has 1 aliphatic rings. The number of aliphatic hydroxyl groups is 1. The molecule has 0 bridgehead atoms. The standard InChI is InChI=1S/C18H23NO3/c20-15(12-21-13-16-7-4-10-22-16)11-19-18-9-3-6-14-5-1-2-8-17(14)18/h1-2,4-5,7-8,10,15,18-20H,3,6,9,11-13H2/t15-,18+/m0/s1. The van der Waals surface area contributed by atoms with Crippen molar-refractivity contribution in [3.63, 3.8) is 0 Å². The molecule has 0 fully saturated rings. The van der Waals surface area contributed by atoms with Crippen LogP contribution in [0.5, 0.6) is 0 Å². The van der Waals surface area contributed by atoms with E-state index in [-0.39, 0.29) is 0 Å². The highest BCUT2D eigenvalue weighted by molar-refractivity contribution is 5.32. The second-order valence-electron chi connectivity index (χ2n) is 5.80. The molecular formula is C18H23NO3. The third-order valence-electron chi connectivity index (χ3n) is 4.10. The van der Waals surface area contributed by atoms with Crippen molar-refractivity contribution in [1.82, 2.24) is 5.32 Å². The number of hydrogen-bond acceptors (Lipinski definition) is 4. The Balaban J connectivity index is 1.42. The third-order valence-corrected chi connectivity index (χ3v) is 4.10. The van der Waals surface area contributed by atoms with Crippen molar-refractivity contribution in [2.45, 2.75) is 38.0 Å². The summed E-state index contributed by atoms with van der Waals surface area (Å²) < 4.78 is 10.7. The molecule has 1 heterocycles. The van der Waals surface area contributed by atoms with E-state index in [2.05, 4.69) is 29.6 Å². The molecule has 2 aromatic rings. The summed E-state index contributed by atoms with van der Waals surface area (Å²) >= 11 is 0. The lowest BCUT2D eigenvalue weighted by atomic mass is 9.88. The van der Waals surface area contributed by atoms with Gasteiger partial charge in [-0.25, -0.2) is 0 Å². The number of ether oxygens (including phenoxy) is 1. The molecule has 0 saturated carbocycles. The van der Waals surface area contributed by atoms with Gasteiger partial charge in [0.2, 0.25) is 0 Å². The molecule has 118 valence electrons. The summed E-state index contributed by atoms with van der Waals surface area (Å²) in [4.78, 5) is 0. The SMILES string of the molecule is O[C@@H](CN[C@@H]1CCCc2ccccc21)COCc1ccco1. The average molecular weight is 301 g/mol. The van der Waals surface area contributed by atoms with Gasteiger partial charge in [0.05, 0.1) is 19.0 Å². The van der Waals surface area contributed by atoms with Crippen LogP contribution in [0.15, 0.2) is 47.1 Å². The van der Waals surface area contributed by atoms with Gasteiger partial charge in [0.1, 0.15) is 12.4 Å². The van der Waals surface area contributed by atoms with Gasteiger partial charge < -0.3 is 19.6 Å². The number of hydrogen-bond donors (Lipinski definition) is 2. The van der Waals surface area contributed by atoms with Gasteiger partial charge in [0.25, 0.3) is 0 Å². The maximum atomic E-state index is 10.0. The van der Waals surface area contributed by atoms with Gasteiger partial charge in [-0.05, 0) is 42.5 Å². The van der Waals surface area contributed by atoms with Crippen molar-refractivity contribution in [2.75, 3.05) is 13.2 Å². The monoisotopic (exact) mass is 301 g/mol. The van der Waals surface area contributed by atoms with Crippen LogP contribution in [0, 0.1) is 0 Å². The number of nitrogens with one attached hydrogen (secondary N) is 1. The molecule has 0 aliphatic heterocycles.